The quantitative estimate of drug-likeness (QED) is 0.0368. The monoisotopic (exact) mass is 2080 g/mol. The number of likely N-dealkylation sites (tertiary alicyclic amines) is 3. The molecule has 4 atom stereocenters. The number of rotatable bonds is 18. The molecule has 30 nitrogen and oxygen atoms in total. The average molecular weight is 2090 g/mol. The molecule has 778 valence electrons. The molecule has 0 unspecified atom stereocenters. The van der Waals surface area contributed by atoms with E-state index >= 15 is 0 Å². The molecule has 12 aliphatic rings. The van der Waals surface area contributed by atoms with Crippen LogP contribution in [0.4, 0.5) is 71.9 Å². The van der Waals surface area contributed by atoms with E-state index in [1.165, 1.54) is 39.3 Å². The van der Waals surface area contributed by atoms with Crippen LogP contribution in [-0.2, 0) is 77.0 Å². The zero-order valence-electron chi connectivity index (χ0n) is 77.4. The van der Waals surface area contributed by atoms with Crippen molar-refractivity contribution in [2.45, 2.75) is 355 Å². The summed E-state index contributed by atoms with van der Waals surface area (Å²) in [7, 11) is -7.93. The zero-order chi connectivity index (χ0) is 98.4. The second kappa shape index (κ2) is 55.9. The van der Waals surface area contributed by atoms with Gasteiger partial charge in [0.2, 0.25) is 39.1 Å². The number of terminal acetylenes is 1. The van der Waals surface area contributed by atoms with E-state index in [4.69, 9.17) is 44.8 Å². The van der Waals surface area contributed by atoms with Crippen molar-refractivity contribution in [3.63, 3.8) is 0 Å². The Morgan fingerprint density at radius 3 is 0.886 bits per heavy atom. The van der Waals surface area contributed by atoms with Gasteiger partial charge in [0.15, 0.2) is 0 Å². The van der Waals surface area contributed by atoms with Gasteiger partial charge >= 0.3 is 48.4 Å². The molecular formula is C82H144Cl4F12N10O20S4. The number of nitrogens with two attached hydrogens (primary N) is 1. The number of amides is 3. The largest absolute Gasteiger partial charge is 0.444 e. The molecule has 0 aromatic heterocycles. The maximum absolute atomic E-state index is 12.5. The minimum absolute atomic E-state index is 0. The Hall–Kier alpha value is -3.92. The number of nitrogens with zero attached hydrogens (tertiary/aromatic N) is 5. The van der Waals surface area contributed by atoms with Gasteiger partial charge < -0.3 is 73.4 Å². The number of halogens is 16. The van der Waals surface area contributed by atoms with Crippen molar-refractivity contribution < 1.29 is 143 Å². The molecule has 3 amide bonds. The fourth-order valence-electron chi connectivity index (χ4n) is 14.6. The molecule has 0 aromatic rings. The Morgan fingerprint density at radius 2 is 0.697 bits per heavy atom. The van der Waals surface area contributed by atoms with Crippen LogP contribution in [0, 0.1) is 24.2 Å². The highest BCUT2D eigenvalue weighted by atomic mass is 35.7. The molecule has 132 heavy (non-hydrogen) atoms. The van der Waals surface area contributed by atoms with E-state index in [1.54, 1.807) is 16.7 Å². The standard InChI is InChI=1S/C16H28N2O5S.C15H20F6N2O5S.C13H24N2O3.C11H20N2O3S.2C6H15N.C4HClF6O2.C4H6.C3H5ClO2S.C3H4.CH4.2ClH/c1-15(2,3)23-14(19)18-8-6-16(7-9-18)10-12(11-22-16)17-24(20,21)13-4-5-13;16-14(17,18)11(15(19,20)21)28-12(24)23-5-3-13(4-6-23)7-9(8-27-13)22-29(25,26)10-1-2-10;1-12(2,3)18-11(16)15-6-4-13(5-7-15)8-10(14)9-17-13;14-17(15,10-1-2-10)13-9-7-11(16-8-9)3-5-12-6-4-11;2*1-4-7(5-2)6-3;5-2(12)13-1(3(6,7)8)4(9,10)11;1-3-4-2;4-7(5,6)3-1-2-3;1-3-2;;;/h12-13,17H,4-11H2,1-3H3;9-11,22H,1-8H2;10H,4-9,14H2,1-3H3;9-10,12-13H,1-8H2;2*4-6H2,1-3H3;1H;1-2H3;3H,1-2H2;1H,2H3;1H4;2*1H/t12-;9-;10-;9-;;;;;;;;;/m1111........./s1. The maximum Gasteiger partial charge on any atom is 0.434 e. The normalized spacial score (nSPS) is 22.4. The molecule has 50 heteroatoms. The number of nitrogens with one attached hydrogen (secondary N) is 4. The van der Waals surface area contributed by atoms with E-state index in [0.29, 0.717) is 84.5 Å². The van der Waals surface area contributed by atoms with E-state index in [1.807, 2.05) is 55.4 Å². The highest BCUT2D eigenvalue weighted by Crippen LogP contribution is 2.44. The van der Waals surface area contributed by atoms with E-state index < -0.39 is 116 Å². The third kappa shape index (κ3) is 47.4. The molecule has 12 rings (SSSR count). The van der Waals surface area contributed by atoms with Crippen LogP contribution in [0.3, 0.4) is 0 Å². The molecule has 8 aliphatic heterocycles. The molecule has 6 N–H and O–H groups in total. The summed E-state index contributed by atoms with van der Waals surface area (Å²) >= 11 is 4.22. The van der Waals surface area contributed by atoms with Gasteiger partial charge in [0.05, 0.1) is 69.8 Å². The molecule has 4 spiro atoms. The number of sulfonamides is 3. The minimum Gasteiger partial charge on any atom is -0.444 e. The number of hydrogen-bond donors (Lipinski definition) is 5. The van der Waals surface area contributed by atoms with Crippen LogP contribution in [0.2, 0.25) is 0 Å². The van der Waals surface area contributed by atoms with Crippen molar-refractivity contribution in [3.8, 4) is 24.2 Å². The van der Waals surface area contributed by atoms with Crippen molar-refractivity contribution in [1.82, 2.24) is 44.0 Å². The zero-order valence-corrected chi connectivity index (χ0v) is 83.9. The van der Waals surface area contributed by atoms with Crippen LogP contribution in [0.15, 0.2) is 0 Å². The fraction of sp³-hybridized carbons (Fsp3) is 0.902. The summed E-state index contributed by atoms with van der Waals surface area (Å²) in [5, 5.41) is 2.36. The van der Waals surface area contributed by atoms with Crippen molar-refractivity contribution in [2.24, 2.45) is 5.73 Å². The van der Waals surface area contributed by atoms with Crippen molar-refractivity contribution >= 4 is 110 Å². The van der Waals surface area contributed by atoms with E-state index in [2.05, 4.69) is 116 Å². The Kier molecular flexibility index (Phi) is 54.3. The maximum atomic E-state index is 12.5. The Bertz CT molecular complexity index is 3970. The van der Waals surface area contributed by atoms with Gasteiger partial charge in [-0.1, -0.05) is 49.0 Å². The molecule has 4 aliphatic carbocycles. The van der Waals surface area contributed by atoms with E-state index in [0.717, 1.165) is 95.0 Å². The fourth-order valence-corrected chi connectivity index (χ4v) is 20.6. The van der Waals surface area contributed by atoms with Gasteiger partial charge in [-0.25, -0.2) is 67.0 Å². The van der Waals surface area contributed by atoms with Crippen molar-refractivity contribution in [3.05, 3.63) is 0 Å². The van der Waals surface area contributed by atoms with Gasteiger partial charge in [0, 0.05) is 85.7 Å². The summed E-state index contributed by atoms with van der Waals surface area (Å²) in [6, 6.07) is -0.473. The molecule has 8 heterocycles. The van der Waals surface area contributed by atoms with E-state index in [-0.39, 0.29) is 128 Å². The molecule has 0 radical (unpaired) electrons. The Labute approximate surface area is 795 Å². The molecular weight excluding hydrogens is 1940 g/mol. The lowest BCUT2D eigenvalue weighted by atomic mass is 9.88. The Balaban J connectivity index is 0.00000153. The average Bonchev–Trinajstić information content (AvgIpc) is 1.68. The van der Waals surface area contributed by atoms with Gasteiger partial charge in [-0.05, 0) is 243 Å². The molecule has 0 aromatic carbocycles. The first kappa shape index (κ1) is 128. The topological polar surface area (TPSA) is 369 Å². The number of hydrogen-bond acceptors (Lipinski definition) is 24. The minimum atomic E-state index is -5.77. The van der Waals surface area contributed by atoms with Crippen LogP contribution in [0.25, 0.3) is 0 Å². The first-order valence-electron chi connectivity index (χ1n) is 43.6. The molecule has 4 saturated carbocycles. The summed E-state index contributed by atoms with van der Waals surface area (Å²) < 4.78 is 285. The second-order valence-electron chi connectivity index (χ2n) is 35.3. The lowest BCUT2D eigenvalue weighted by molar-refractivity contribution is -0.308. The Morgan fingerprint density at radius 1 is 0.455 bits per heavy atom. The van der Waals surface area contributed by atoms with E-state index in [9.17, 15) is 106 Å². The van der Waals surface area contributed by atoms with Gasteiger partial charge in [-0.15, -0.1) is 49.0 Å². The van der Waals surface area contributed by atoms with Crippen molar-refractivity contribution in [2.75, 3.05) is 118 Å². The predicted octanol–water partition coefficient (Wildman–Crippen LogP) is 14.8. The number of piperidine rings is 4. The van der Waals surface area contributed by atoms with Crippen LogP contribution < -0.4 is 25.2 Å². The highest BCUT2D eigenvalue weighted by molar-refractivity contribution is 8.14. The lowest BCUT2D eigenvalue weighted by Gasteiger charge is -2.39. The number of carbonyl (C=O) groups is 4. The van der Waals surface area contributed by atoms with Crippen molar-refractivity contribution in [1.29, 1.82) is 0 Å². The SMILES string of the molecule is C.C#CC.CC#CC.CC(C)(C)OC(=O)N1CCC2(CC1)C[C@@H](N)CO2.CC(C)(C)OC(=O)N1CCC2(CC1)C[C@@H](NS(=O)(=O)C1CC1)CO2.CCN(CC)CC.CCN(CC)CC.Cl.Cl.O=C(Cl)OC(C(F)(F)F)C(F)(F)F.O=C(OC(C(F)(F)F)C(F)(F)F)N1CCC2(CC1)C[C@@H](NS(=O)(=O)C1CC1)CO2.O=S(=O)(Cl)C1CC1.O=S(=O)(N[C@H]1COC2(CCNCC2)C1)C1CC1. The van der Waals surface area contributed by atoms with Gasteiger partial charge in [-0.2, -0.15) is 52.7 Å². The third-order valence-electron chi connectivity index (χ3n) is 22.3. The summed E-state index contributed by atoms with van der Waals surface area (Å²) in [5.41, 5.74) is 1.55. The van der Waals surface area contributed by atoms with Crippen LogP contribution in [0.5, 0.6) is 0 Å². The summed E-state index contributed by atoms with van der Waals surface area (Å²) in [6.07, 6.45) is -14.9. The van der Waals surface area contributed by atoms with Gasteiger partial charge in [0.1, 0.15) is 11.2 Å². The highest BCUT2D eigenvalue weighted by Gasteiger charge is 2.62. The van der Waals surface area contributed by atoms with Crippen LogP contribution >= 0.6 is 47.1 Å². The van der Waals surface area contributed by atoms with Gasteiger partial charge in [-0.3, -0.25) is 0 Å². The number of alkyl halides is 12. The van der Waals surface area contributed by atoms with Crippen LogP contribution in [0.1, 0.15) is 240 Å². The molecule has 8 saturated heterocycles. The first-order chi connectivity index (χ1) is 59.4. The predicted molar refractivity (Wildman–Crippen MR) is 485 cm³/mol. The van der Waals surface area contributed by atoms with Crippen LogP contribution in [-0.4, -0.2) is 316 Å². The van der Waals surface area contributed by atoms with Gasteiger partial charge in [0.25, 0.3) is 12.2 Å². The molecule has 0 bridgehead atoms. The lowest BCUT2D eigenvalue weighted by Crippen LogP contribution is -2.51. The summed E-state index contributed by atoms with van der Waals surface area (Å²) in [4.78, 5) is 54.5. The molecule has 12 fully saturated rings. The summed E-state index contributed by atoms with van der Waals surface area (Å²) in [5.74, 6) is 7.61. The number of carbonyl (C=O) groups excluding carboxylic acids is 4. The number of ether oxygens (including phenoxy) is 8. The summed E-state index contributed by atoms with van der Waals surface area (Å²) in [6.45, 7) is 42.6. The first-order valence-corrected chi connectivity index (χ1v) is 51.0. The second-order valence-corrected chi connectivity index (χ2v) is 44.5. The smallest absolute Gasteiger partial charge is 0.434 e. The third-order valence-corrected chi connectivity index (χ3v) is 30.5.